The molecule has 0 saturated carbocycles. The SMILES string of the molecule is CCCC(C)(CN)Cc1ccn(C(C)CC)n1. The van der Waals surface area contributed by atoms with Crippen molar-refractivity contribution in [1.29, 1.82) is 0 Å². The minimum Gasteiger partial charge on any atom is -0.330 e. The van der Waals surface area contributed by atoms with Crippen LogP contribution in [0.5, 0.6) is 0 Å². The normalized spacial score (nSPS) is 16.8. The molecule has 1 heterocycles. The van der Waals surface area contributed by atoms with Crippen LogP contribution in [0.4, 0.5) is 0 Å². The maximum absolute atomic E-state index is 5.90. The Morgan fingerprint density at radius 3 is 2.71 bits per heavy atom. The first-order valence-electron chi connectivity index (χ1n) is 6.78. The molecule has 98 valence electrons. The summed E-state index contributed by atoms with van der Waals surface area (Å²) in [7, 11) is 0. The molecular weight excluding hydrogens is 210 g/mol. The largest absolute Gasteiger partial charge is 0.330 e. The number of hydrogen-bond acceptors (Lipinski definition) is 2. The zero-order chi connectivity index (χ0) is 12.9. The van der Waals surface area contributed by atoms with Crippen LogP contribution in [-0.4, -0.2) is 16.3 Å². The molecule has 0 spiro atoms. The molecule has 1 aromatic heterocycles. The van der Waals surface area contributed by atoms with Gasteiger partial charge in [0.15, 0.2) is 0 Å². The van der Waals surface area contributed by atoms with Gasteiger partial charge in [-0.15, -0.1) is 0 Å². The van der Waals surface area contributed by atoms with E-state index in [0.29, 0.717) is 6.04 Å². The summed E-state index contributed by atoms with van der Waals surface area (Å²) in [5.74, 6) is 0. The Morgan fingerprint density at radius 1 is 1.47 bits per heavy atom. The van der Waals surface area contributed by atoms with Crippen molar-refractivity contribution >= 4 is 0 Å². The van der Waals surface area contributed by atoms with E-state index in [-0.39, 0.29) is 5.41 Å². The van der Waals surface area contributed by atoms with E-state index in [1.165, 1.54) is 18.5 Å². The maximum atomic E-state index is 5.90. The molecule has 2 atom stereocenters. The Morgan fingerprint density at radius 2 is 2.18 bits per heavy atom. The van der Waals surface area contributed by atoms with Crippen molar-refractivity contribution < 1.29 is 0 Å². The van der Waals surface area contributed by atoms with Crippen molar-refractivity contribution in [2.75, 3.05) is 6.54 Å². The zero-order valence-corrected chi connectivity index (χ0v) is 11.7. The van der Waals surface area contributed by atoms with Gasteiger partial charge in [-0.2, -0.15) is 5.10 Å². The fourth-order valence-electron chi connectivity index (χ4n) is 2.21. The second-order valence-corrected chi connectivity index (χ2v) is 5.49. The lowest BCUT2D eigenvalue weighted by molar-refractivity contribution is 0.297. The van der Waals surface area contributed by atoms with E-state index in [9.17, 15) is 0 Å². The fourth-order valence-corrected chi connectivity index (χ4v) is 2.21. The predicted octanol–water partition coefficient (Wildman–Crippen LogP) is 3.16. The van der Waals surface area contributed by atoms with E-state index in [4.69, 9.17) is 5.73 Å². The highest BCUT2D eigenvalue weighted by Crippen LogP contribution is 2.26. The van der Waals surface area contributed by atoms with Crippen molar-refractivity contribution in [3.8, 4) is 0 Å². The third-order valence-electron chi connectivity index (χ3n) is 3.66. The van der Waals surface area contributed by atoms with Crippen LogP contribution in [-0.2, 0) is 6.42 Å². The van der Waals surface area contributed by atoms with Gasteiger partial charge in [0.2, 0.25) is 0 Å². The van der Waals surface area contributed by atoms with Gasteiger partial charge in [-0.3, -0.25) is 4.68 Å². The van der Waals surface area contributed by atoms with E-state index < -0.39 is 0 Å². The molecule has 0 fully saturated rings. The van der Waals surface area contributed by atoms with Gasteiger partial charge in [-0.05, 0) is 44.2 Å². The quantitative estimate of drug-likeness (QED) is 0.791. The Hall–Kier alpha value is -0.830. The van der Waals surface area contributed by atoms with Crippen LogP contribution in [0.2, 0.25) is 0 Å². The van der Waals surface area contributed by atoms with Crippen LogP contribution in [0, 0.1) is 5.41 Å². The summed E-state index contributed by atoms with van der Waals surface area (Å²) in [6.45, 7) is 9.60. The van der Waals surface area contributed by atoms with E-state index in [0.717, 1.165) is 19.4 Å². The summed E-state index contributed by atoms with van der Waals surface area (Å²) in [6, 6.07) is 2.62. The first kappa shape index (κ1) is 14.2. The van der Waals surface area contributed by atoms with Gasteiger partial charge >= 0.3 is 0 Å². The molecule has 0 aliphatic heterocycles. The summed E-state index contributed by atoms with van der Waals surface area (Å²) < 4.78 is 2.07. The summed E-state index contributed by atoms with van der Waals surface area (Å²) in [5.41, 5.74) is 7.27. The molecule has 0 amide bonds. The van der Waals surface area contributed by atoms with Gasteiger partial charge in [0.1, 0.15) is 0 Å². The summed E-state index contributed by atoms with van der Waals surface area (Å²) in [6.07, 6.45) is 6.54. The smallest absolute Gasteiger partial charge is 0.0630 e. The standard InChI is InChI=1S/C14H27N3/c1-5-8-14(4,11-15)10-13-7-9-17(16-13)12(3)6-2/h7,9,12H,5-6,8,10-11,15H2,1-4H3. The molecule has 2 unspecified atom stereocenters. The first-order valence-corrected chi connectivity index (χ1v) is 6.78. The maximum Gasteiger partial charge on any atom is 0.0630 e. The van der Waals surface area contributed by atoms with E-state index in [1.807, 2.05) is 0 Å². The number of nitrogens with zero attached hydrogens (tertiary/aromatic N) is 2. The molecule has 0 aliphatic rings. The third kappa shape index (κ3) is 3.84. The number of nitrogens with two attached hydrogens (primary N) is 1. The van der Waals surface area contributed by atoms with Crippen molar-refractivity contribution in [3.63, 3.8) is 0 Å². The summed E-state index contributed by atoms with van der Waals surface area (Å²) in [4.78, 5) is 0. The molecule has 0 aliphatic carbocycles. The lowest BCUT2D eigenvalue weighted by Gasteiger charge is -2.26. The molecule has 0 aromatic carbocycles. The van der Waals surface area contributed by atoms with Gasteiger partial charge in [0, 0.05) is 12.2 Å². The van der Waals surface area contributed by atoms with Crippen LogP contribution >= 0.6 is 0 Å². The van der Waals surface area contributed by atoms with Crippen molar-refractivity contribution in [2.45, 2.75) is 59.4 Å². The molecule has 3 nitrogen and oxygen atoms in total. The Labute approximate surface area is 105 Å². The van der Waals surface area contributed by atoms with Crippen LogP contribution in [0.25, 0.3) is 0 Å². The number of aromatic nitrogens is 2. The average Bonchev–Trinajstić information content (AvgIpc) is 2.76. The highest BCUT2D eigenvalue weighted by Gasteiger charge is 2.23. The first-order chi connectivity index (χ1) is 8.04. The molecule has 1 aromatic rings. The van der Waals surface area contributed by atoms with Crippen molar-refractivity contribution in [1.82, 2.24) is 9.78 Å². The monoisotopic (exact) mass is 237 g/mol. The fraction of sp³-hybridized carbons (Fsp3) is 0.786. The van der Waals surface area contributed by atoms with Gasteiger partial charge < -0.3 is 5.73 Å². The second kappa shape index (κ2) is 6.20. The van der Waals surface area contributed by atoms with Gasteiger partial charge in [-0.25, -0.2) is 0 Å². The van der Waals surface area contributed by atoms with Crippen LogP contribution in [0.15, 0.2) is 12.3 Å². The zero-order valence-electron chi connectivity index (χ0n) is 11.7. The predicted molar refractivity (Wildman–Crippen MR) is 73.0 cm³/mol. The summed E-state index contributed by atoms with van der Waals surface area (Å²) >= 11 is 0. The highest BCUT2D eigenvalue weighted by atomic mass is 15.3. The average molecular weight is 237 g/mol. The summed E-state index contributed by atoms with van der Waals surface area (Å²) in [5, 5.41) is 4.66. The molecule has 1 rings (SSSR count). The van der Waals surface area contributed by atoms with E-state index in [2.05, 4.69) is 49.7 Å². The Kier molecular flexibility index (Phi) is 5.19. The minimum atomic E-state index is 0.198. The van der Waals surface area contributed by atoms with E-state index >= 15 is 0 Å². The Balaban J connectivity index is 2.70. The van der Waals surface area contributed by atoms with Crippen molar-refractivity contribution in [2.24, 2.45) is 11.1 Å². The number of hydrogen-bond donors (Lipinski definition) is 1. The lowest BCUT2D eigenvalue weighted by atomic mass is 9.81. The molecule has 2 N–H and O–H groups in total. The third-order valence-corrected chi connectivity index (χ3v) is 3.66. The van der Waals surface area contributed by atoms with Gasteiger partial charge in [-0.1, -0.05) is 27.2 Å². The molecule has 0 saturated heterocycles. The molecule has 17 heavy (non-hydrogen) atoms. The van der Waals surface area contributed by atoms with Crippen molar-refractivity contribution in [3.05, 3.63) is 18.0 Å². The topological polar surface area (TPSA) is 43.8 Å². The van der Waals surface area contributed by atoms with E-state index in [1.54, 1.807) is 0 Å². The highest BCUT2D eigenvalue weighted by molar-refractivity contribution is 5.03. The van der Waals surface area contributed by atoms with Crippen LogP contribution < -0.4 is 5.73 Å². The van der Waals surface area contributed by atoms with Gasteiger partial charge in [0.05, 0.1) is 5.69 Å². The second-order valence-electron chi connectivity index (χ2n) is 5.49. The van der Waals surface area contributed by atoms with Crippen LogP contribution in [0.1, 0.15) is 58.7 Å². The molecule has 0 radical (unpaired) electrons. The number of rotatable bonds is 7. The lowest BCUT2D eigenvalue weighted by Crippen LogP contribution is -2.29. The molecule has 3 heteroatoms. The Bertz CT molecular complexity index is 332. The van der Waals surface area contributed by atoms with Crippen LogP contribution in [0.3, 0.4) is 0 Å². The minimum absolute atomic E-state index is 0.198. The molecule has 0 bridgehead atoms. The van der Waals surface area contributed by atoms with Gasteiger partial charge in [0.25, 0.3) is 0 Å². The molecular formula is C14H27N3.